The second-order valence-corrected chi connectivity index (χ2v) is 8.39. The number of nitrogens with zero attached hydrogens (tertiary/aromatic N) is 3. The highest BCUT2D eigenvalue weighted by molar-refractivity contribution is 6.00. The molecule has 2 heterocycles. The molecule has 0 aliphatic carbocycles. The van der Waals surface area contributed by atoms with Crippen LogP contribution in [0.2, 0.25) is 0 Å². The molecule has 0 saturated carbocycles. The minimum absolute atomic E-state index is 0.111. The summed E-state index contributed by atoms with van der Waals surface area (Å²) in [5.74, 6) is 0.835. The maximum atomic E-state index is 13.3. The molecule has 0 bridgehead atoms. The Kier molecular flexibility index (Phi) is 7.85. The molecule has 8 nitrogen and oxygen atoms in total. The summed E-state index contributed by atoms with van der Waals surface area (Å²) in [6.45, 7) is 4.29. The molecule has 0 saturated heterocycles. The smallest absolute Gasteiger partial charge is 0.290 e. The van der Waals surface area contributed by atoms with E-state index < -0.39 is 0 Å². The number of rotatable bonds is 10. The molecule has 0 aliphatic heterocycles. The van der Waals surface area contributed by atoms with Crippen molar-refractivity contribution in [3.63, 3.8) is 0 Å². The molecule has 0 spiro atoms. The number of nitrogens with one attached hydrogen (secondary N) is 1. The fraction of sp³-hybridized carbons (Fsp3) is 0.250. The van der Waals surface area contributed by atoms with Crippen LogP contribution in [0, 0.1) is 6.92 Å². The minimum Gasteiger partial charge on any atom is -0.497 e. The number of aromatic nitrogens is 2. The second-order valence-electron chi connectivity index (χ2n) is 8.39. The van der Waals surface area contributed by atoms with E-state index >= 15 is 0 Å². The molecular weight excluding hydrogens is 456 g/mol. The number of aryl methyl sites for hydroxylation is 1. The highest BCUT2D eigenvalue weighted by atomic mass is 16.5. The van der Waals surface area contributed by atoms with Gasteiger partial charge in [0.1, 0.15) is 18.1 Å². The molecule has 186 valence electrons. The van der Waals surface area contributed by atoms with Gasteiger partial charge in [0, 0.05) is 12.1 Å². The lowest BCUT2D eigenvalue weighted by Crippen LogP contribution is -2.38. The van der Waals surface area contributed by atoms with Gasteiger partial charge < -0.3 is 19.4 Å². The topological polar surface area (TPSA) is 89.6 Å². The van der Waals surface area contributed by atoms with Gasteiger partial charge in [0.25, 0.3) is 5.91 Å². The number of methoxy groups -OCH3 is 1. The first-order valence-corrected chi connectivity index (χ1v) is 11.9. The van der Waals surface area contributed by atoms with E-state index in [0.29, 0.717) is 12.4 Å². The Morgan fingerprint density at radius 2 is 1.81 bits per heavy atom. The first-order valence-electron chi connectivity index (χ1n) is 11.9. The van der Waals surface area contributed by atoms with Gasteiger partial charge in [-0.1, -0.05) is 43.7 Å². The van der Waals surface area contributed by atoms with Gasteiger partial charge in [-0.05, 0) is 55.3 Å². The van der Waals surface area contributed by atoms with E-state index in [4.69, 9.17) is 14.3 Å². The number of hydrogen-bond acceptors (Lipinski definition) is 5. The van der Waals surface area contributed by atoms with Gasteiger partial charge in [-0.3, -0.25) is 9.59 Å². The first kappa shape index (κ1) is 24.8. The molecule has 4 rings (SSSR count). The van der Waals surface area contributed by atoms with E-state index in [1.165, 1.54) is 11.2 Å². The molecule has 0 aliphatic rings. The second kappa shape index (κ2) is 11.4. The Morgan fingerprint density at radius 1 is 1.06 bits per heavy atom. The lowest BCUT2D eigenvalue weighted by atomic mass is 10.1. The average Bonchev–Trinajstić information content (AvgIpc) is 3.55. The standard InChI is InChI=1S/C28H30N4O4/c1-4-5-17-31(28(34)24-12-9-18-36-24)19-25(33)29-27-26(21-10-7-6-8-11-21)20(2)30-32(27)22-13-15-23(35-3)16-14-22/h6-16,18H,4-5,17,19H2,1-3H3,(H,29,33). The molecule has 4 aromatic rings. The average molecular weight is 487 g/mol. The predicted molar refractivity (Wildman–Crippen MR) is 138 cm³/mol. The number of benzene rings is 2. The predicted octanol–water partition coefficient (Wildman–Crippen LogP) is 5.33. The summed E-state index contributed by atoms with van der Waals surface area (Å²) in [6, 6.07) is 20.5. The van der Waals surface area contributed by atoms with Gasteiger partial charge in [0.05, 0.1) is 24.8 Å². The van der Waals surface area contributed by atoms with E-state index in [-0.39, 0.29) is 24.1 Å². The zero-order valence-electron chi connectivity index (χ0n) is 20.7. The molecule has 36 heavy (non-hydrogen) atoms. The SMILES string of the molecule is CCCCN(CC(=O)Nc1c(-c2ccccc2)c(C)nn1-c1ccc(OC)cc1)C(=O)c1ccco1. The largest absolute Gasteiger partial charge is 0.497 e. The molecule has 0 radical (unpaired) electrons. The summed E-state index contributed by atoms with van der Waals surface area (Å²) in [7, 11) is 1.61. The van der Waals surface area contributed by atoms with Crippen LogP contribution >= 0.6 is 0 Å². The fourth-order valence-corrected chi connectivity index (χ4v) is 4.01. The number of carbonyl (C=O) groups is 2. The number of anilines is 1. The number of hydrogen-bond donors (Lipinski definition) is 1. The lowest BCUT2D eigenvalue weighted by Gasteiger charge is -2.21. The quantitative estimate of drug-likeness (QED) is 0.327. The highest BCUT2D eigenvalue weighted by Gasteiger charge is 2.24. The monoisotopic (exact) mass is 486 g/mol. The van der Waals surface area contributed by atoms with Crippen molar-refractivity contribution in [3.8, 4) is 22.6 Å². The molecule has 0 atom stereocenters. The van der Waals surface area contributed by atoms with Crippen LogP contribution in [0.1, 0.15) is 36.0 Å². The van der Waals surface area contributed by atoms with Crippen molar-refractivity contribution in [3.05, 3.63) is 84.4 Å². The van der Waals surface area contributed by atoms with Crippen LogP contribution in [0.25, 0.3) is 16.8 Å². The molecule has 2 amide bonds. The molecule has 8 heteroatoms. The Bertz CT molecular complexity index is 1300. The summed E-state index contributed by atoms with van der Waals surface area (Å²) in [4.78, 5) is 27.8. The van der Waals surface area contributed by atoms with Crippen LogP contribution in [0.5, 0.6) is 5.75 Å². The molecule has 2 aromatic heterocycles. The Labute approximate surface area is 210 Å². The van der Waals surface area contributed by atoms with Crippen molar-refractivity contribution in [1.29, 1.82) is 0 Å². The van der Waals surface area contributed by atoms with Gasteiger partial charge in [-0.2, -0.15) is 5.10 Å². The van der Waals surface area contributed by atoms with E-state index in [1.54, 1.807) is 23.9 Å². The van der Waals surface area contributed by atoms with Crippen LogP contribution in [0.15, 0.2) is 77.4 Å². The van der Waals surface area contributed by atoms with Crippen LogP contribution < -0.4 is 10.1 Å². The van der Waals surface area contributed by atoms with Crippen molar-refractivity contribution in [1.82, 2.24) is 14.7 Å². The number of furan rings is 1. The van der Waals surface area contributed by atoms with Gasteiger partial charge in [-0.25, -0.2) is 4.68 Å². The van der Waals surface area contributed by atoms with Gasteiger partial charge >= 0.3 is 0 Å². The third kappa shape index (κ3) is 5.49. The maximum absolute atomic E-state index is 13.3. The van der Waals surface area contributed by atoms with E-state index in [1.807, 2.05) is 68.4 Å². The van der Waals surface area contributed by atoms with Crippen molar-refractivity contribution < 1.29 is 18.7 Å². The number of ether oxygens (including phenoxy) is 1. The zero-order chi connectivity index (χ0) is 25.5. The lowest BCUT2D eigenvalue weighted by molar-refractivity contribution is -0.117. The summed E-state index contributed by atoms with van der Waals surface area (Å²) >= 11 is 0. The molecule has 1 N–H and O–H groups in total. The molecule has 0 unspecified atom stereocenters. The van der Waals surface area contributed by atoms with Crippen molar-refractivity contribution >= 4 is 17.6 Å². The molecule has 0 fully saturated rings. The van der Waals surface area contributed by atoms with Crippen LogP contribution in [0.4, 0.5) is 5.82 Å². The van der Waals surface area contributed by atoms with E-state index in [0.717, 1.165) is 41.1 Å². The number of unbranched alkanes of at least 4 members (excludes halogenated alkanes) is 1. The maximum Gasteiger partial charge on any atom is 0.290 e. The third-order valence-electron chi connectivity index (χ3n) is 5.83. The fourth-order valence-electron chi connectivity index (χ4n) is 4.01. The van der Waals surface area contributed by atoms with Crippen LogP contribution in [-0.2, 0) is 4.79 Å². The number of amides is 2. The normalized spacial score (nSPS) is 10.8. The van der Waals surface area contributed by atoms with E-state index in [2.05, 4.69) is 5.32 Å². The third-order valence-corrected chi connectivity index (χ3v) is 5.83. The number of carbonyl (C=O) groups excluding carboxylic acids is 2. The summed E-state index contributed by atoms with van der Waals surface area (Å²) in [5.41, 5.74) is 3.28. The summed E-state index contributed by atoms with van der Waals surface area (Å²) in [6.07, 6.45) is 3.12. The summed E-state index contributed by atoms with van der Waals surface area (Å²) < 4.78 is 12.3. The van der Waals surface area contributed by atoms with Gasteiger partial charge in [-0.15, -0.1) is 0 Å². The Hall–Kier alpha value is -4.33. The minimum atomic E-state index is -0.321. The van der Waals surface area contributed by atoms with E-state index in [9.17, 15) is 9.59 Å². The van der Waals surface area contributed by atoms with Crippen molar-refractivity contribution in [2.24, 2.45) is 0 Å². The Morgan fingerprint density at radius 3 is 2.44 bits per heavy atom. The Balaban J connectivity index is 1.67. The van der Waals surface area contributed by atoms with Crippen LogP contribution in [-0.4, -0.2) is 46.7 Å². The van der Waals surface area contributed by atoms with Crippen molar-refractivity contribution in [2.45, 2.75) is 26.7 Å². The van der Waals surface area contributed by atoms with Gasteiger partial charge in [0.15, 0.2) is 5.76 Å². The zero-order valence-corrected chi connectivity index (χ0v) is 20.7. The molecule has 2 aromatic carbocycles. The van der Waals surface area contributed by atoms with Crippen LogP contribution in [0.3, 0.4) is 0 Å². The molecular formula is C28H30N4O4. The highest BCUT2D eigenvalue weighted by Crippen LogP contribution is 2.33. The van der Waals surface area contributed by atoms with Crippen molar-refractivity contribution in [2.75, 3.05) is 25.5 Å². The van der Waals surface area contributed by atoms with Gasteiger partial charge in [0.2, 0.25) is 5.91 Å². The summed E-state index contributed by atoms with van der Waals surface area (Å²) in [5, 5.41) is 7.77. The first-order chi connectivity index (χ1) is 17.5.